The number of carbonyl (C=O) groups is 2. The number of urea groups is 1. The predicted octanol–water partition coefficient (Wildman–Crippen LogP) is 0.174. The Kier molecular flexibility index (Phi) is 4.83. The molecule has 6 nitrogen and oxygen atoms in total. The number of carboxylic acids is 1. The Bertz CT molecular complexity index is 195. The Morgan fingerprint density at radius 2 is 2.00 bits per heavy atom. The number of hydrogen-bond donors (Lipinski definition) is 4. The van der Waals surface area contributed by atoms with E-state index in [2.05, 4.69) is 5.32 Å². The van der Waals surface area contributed by atoms with Gasteiger partial charge in [0.05, 0.1) is 0 Å². The highest BCUT2D eigenvalue weighted by Crippen LogP contribution is 2.07. The molecule has 0 bridgehead atoms. The third kappa shape index (κ3) is 3.75. The van der Waals surface area contributed by atoms with Gasteiger partial charge in [0.2, 0.25) is 0 Å². The SMILES string of the molecule is CC[C@H](C)[C@H](NC(=O)NO)C(=O)O. The molecule has 0 saturated carbocycles. The number of aliphatic carboxylic acids is 1. The first-order valence-electron chi connectivity index (χ1n) is 3.96. The predicted molar refractivity (Wildman–Crippen MR) is 44.3 cm³/mol. The molecular weight excluding hydrogens is 176 g/mol. The van der Waals surface area contributed by atoms with Gasteiger partial charge in [0.1, 0.15) is 6.04 Å². The van der Waals surface area contributed by atoms with Gasteiger partial charge in [-0.15, -0.1) is 0 Å². The molecule has 0 heterocycles. The van der Waals surface area contributed by atoms with Crippen molar-refractivity contribution in [3.05, 3.63) is 0 Å². The van der Waals surface area contributed by atoms with Gasteiger partial charge in [0, 0.05) is 0 Å². The second-order valence-electron chi connectivity index (χ2n) is 2.79. The lowest BCUT2D eigenvalue weighted by Gasteiger charge is -2.19. The van der Waals surface area contributed by atoms with E-state index in [-0.39, 0.29) is 5.92 Å². The van der Waals surface area contributed by atoms with Gasteiger partial charge in [-0.3, -0.25) is 5.21 Å². The summed E-state index contributed by atoms with van der Waals surface area (Å²) in [5, 5.41) is 19.0. The number of amides is 2. The topological polar surface area (TPSA) is 98.7 Å². The maximum Gasteiger partial charge on any atom is 0.339 e. The minimum absolute atomic E-state index is 0.185. The van der Waals surface area contributed by atoms with Crippen molar-refractivity contribution in [3.63, 3.8) is 0 Å². The standard InChI is InChI=1S/C7H14N2O4/c1-3-4(2)5(6(10)11)8-7(12)9-13/h4-5,13H,3H2,1-2H3,(H,10,11)(H2,8,9,12)/t4-,5-/m0/s1. The lowest BCUT2D eigenvalue weighted by atomic mass is 10.00. The molecule has 0 aliphatic heterocycles. The van der Waals surface area contributed by atoms with Crippen molar-refractivity contribution in [1.29, 1.82) is 0 Å². The number of nitrogens with one attached hydrogen (secondary N) is 2. The van der Waals surface area contributed by atoms with E-state index < -0.39 is 18.0 Å². The van der Waals surface area contributed by atoms with E-state index in [1.165, 1.54) is 5.48 Å². The molecule has 2 atom stereocenters. The highest BCUT2D eigenvalue weighted by atomic mass is 16.5. The summed E-state index contributed by atoms with van der Waals surface area (Å²) in [4.78, 5) is 21.2. The molecule has 0 spiro atoms. The Hall–Kier alpha value is -1.30. The van der Waals surface area contributed by atoms with Crippen LogP contribution in [0.3, 0.4) is 0 Å². The Balaban J connectivity index is 4.26. The molecule has 0 fully saturated rings. The van der Waals surface area contributed by atoms with E-state index in [0.717, 1.165) is 0 Å². The Morgan fingerprint density at radius 3 is 2.31 bits per heavy atom. The van der Waals surface area contributed by atoms with E-state index >= 15 is 0 Å². The maximum absolute atomic E-state index is 10.6. The molecule has 0 unspecified atom stereocenters. The van der Waals surface area contributed by atoms with E-state index in [9.17, 15) is 9.59 Å². The molecule has 0 aromatic heterocycles. The molecule has 0 aliphatic carbocycles. The zero-order valence-electron chi connectivity index (χ0n) is 7.57. The molecule has 0 radical (unpaired) electrons. The van der Waals surface area contributed by atoms with Crippen molar-refractivity contribution < 1.29 is 19.9 Å². The van der Waals surface area contributed by atoms with Crippen LogP contribution < -0.4 is 10.8 Å². The zero-order chi connectivity index (χ0) is 10.4. The number of rotatable bonds is 4. The average molecular weight is 190 g/mol. The third-order valence-electron chi connectivity index (χ3n) is 1.87. The molecule has 0 saturated heterocycles. The fraction of sp³-hybridized carbons (Fsp3) is 0.714. The molecule has 13 heavy (non-hydrogen) atoms. The van der Waals surface area contributed by atoms with E-state index in [0.29, 0.717) is 6.42 Å². The molecular formula is C7H14N2O4. The summed E-state index contributed by atoms with van der Waals surface area (Å²) in [5.41, 5.74) is 1.32. The molecule has 2 amide bonds. The minimum atomic E-state index is -1.11. The van der Waals surface area contributed by atoms with Gasteiger partial charge in [0.15, 0.2) is 0 Å². The first-order chi connectivity index (χ1) is 6.02. The normalized spacial score (nSPS) is 14.4. The Morgan fingerprint density at radius 1 is 1.46 bits per heavy atom. The Labute approximate surface area is 75.9 Å². The zero-order valence-corrected chi connectivity index (χ0v) is 7.57. The lowest BCUT2D eigenvalue weighted by molar-refractivity contribution is -0.140. The summed E-state index contributed by atoms with van der Waals surface area (Å²) >= 11 is 0. The van der Waals surface area contributed by atoms with Gasteiger partial charge in [-0.05, 0) is 5.92 Å². The summed E-state index contributed by atoms with van der Waals surface area (Å²) in [6.45, 7) is 3.52. The molecule has 6 heteroatoms. The van der Waals surface area contributed by atoms with E-state index in [1.807, 2.05) is 6.92 Å². The minimum Gasteiger partial charge on any atom is -0.480 e. The summed E-state index contributed by atoms with van der Waals surface area (Å²) < 4.78 is 0. The van der Waals surface area contributed by atoms with Gasteiger partial charge in [0.25, 0.3) is 0 Å². The highest BCUT2D eigenvalue weighted by molar-refractivity contribution is 5.82. The summed E-state index contributed by atoms with van der Waals surface area (Å²) in [6, 6.07) is -1.88. The van der Waals surface area contributed by atoms with E-state index in [1.54, 1.807) is 6.92 Å². The van der Waals surface area contributed by atoms with Gasteiger partial charge in [-0.1, -0.05) is 20.3 Å². The molecule has 0 aromatic carbocycles. The van der Waals surface area contributed by atoms with Gasteiger partial charge in [-0.25, -0.2) is 15.1 Å². The van der Waals surface area contributed by atoms with Crippen LogP contribution in [0, 0.1) is 5.92 Å². The number of carbonyl (C=O) groups excluding carboxylic acids is 1. The molecule has 0 rings (SSSR count). The summed E-state index contributed by atoms with van der Waals surface area (Å²) in [5.74, 6) is -1.30. The van der Waals surface area contributed by atoms with Crippen molar-refractivity contribution in [2.75, 3.05) is 0 Å². The fourth-order valence-electron chi connectivity index (χ4n) is 0.857. The van der Waals surface area contributed by atoms with Gasteiger partial charge >= 0.3 is 12.0 Å². The molecule has 76 valence electrons. The van der Waals surface area contributed by atoms with Crippen molar-refractivity contribution >= 4 is 12.0 Å². The summed E-state index contributed by atoms with van der Waals surface area (Å²) in [7, 11) is 0. The lowest BCUT2D eigenvalue weighted by Crippen LogP contribution is -2.48. The van der Waals surface area contributed by atoms with Gasteiger partial charge < -0.3 is 10.4 Å². The van der Waals surface area contributed by atoms with Crippen LogP contribution in [-0.4, -0.2) is 28.4 Å². The van der Waals surface area contributed by atoms with Crippen LogP contribution >= 0.6 is 0 Å². The number of hydrogen-bond acceptors (Lipinski definition) is 3. The van der Waals surface area contributed by atoms with Gasteiger partial charge in [-0.2, -0.15) is 0 Å². The van der Waals surface area contributed by atoms with Crippen LogP contribution in [0.4, 0.5) is 4.79 Å². The fourth-order valence-corrected chi connectivity index (χ4v) is 0.857. The summed E-state index contributed by atoms with van der Waals surface area (Å²) in [6.07, 6.45) is 0.628. The van der Waals surface area contributed by atoms with Crippen molar-refractivity contribution in [2.24, 2.45) is 5.92 Å². The molecule has 0 aliphatic rings. The van der Waals surface area contributed by atoms with Crippen LogP contribution in [0.15, 0.2) is 0 Å². The molecule has 0 aromatic rings. The van der Waals surface area contributed by atoms with Crippen molar-refractivity contribution in [3.8, 4) is 0 Å². The smallest absolute Gasteiger partial charge is 0.339 e. The largest absolute Gasteiger partial charge is 0.480 e. The maximum atomic E-state index is 10.6. The van der Waals surface area contributed by atoms with Crippen LogP contribution in [0.25, 0.3) is 0 Å². The number of carboxylic acid groups (broad SMARTS) is 1. The monoisotopic (exact) mass is 190 g/mol. The second-order valence-corrected chi connectivity index (χ2v) is 2.79. The van der Waals surface area contributed by atoms with Crippen LogP contribution in [0.5, 0.6) is 0 Å². The van der Waals surface area contributed by atoms with Crippen molar-refractivity contribution in [1.82, 2.24) is 10.8 Å². The number of hydroxylamine groups is 1. The van der Waals surface area contributed by atoms with Crippen LogP contribution in [0.1, 0.15) is 20.3 Å². The highest BCUT2D eigenvalue weighted by Gasteiger charge is 2.24. The third-order valence-corrected chi connectivity index (χ3v) is 1.87. The van der Waals surface area contributed by atoms with Crippen LogP contribution in [-0.2, 0) is 4.79 Å². The first-order valence-corrected chi connectivity index (χ1v) is 3.96. The van der Waals surface area contributed by atoms with E-state index in [4.69, 9.17) is 10.3 Å². The second kappa shape index (κ2) is 5.36. The quantitative estimate of drug-likeness (QED) is 0.375. The average Bonchev–Trinajstić information content (AvgIpc) is 2.11. The van der Waals surface area contributed by atoms with Crippen LogP contribution in [0.2, 0.25) is 0 Å². The first kappa shape index (κ1) is 11.7. The molecule has 4 N–H and O–H groups in total. The van der Waals surface area contributed by atoms with Crippen molar-refractivity contribution in [2.45, 2.75) is 26.3 Å².